The van der Waals surface area contributed by atoms with Crippen molar-refractivity contribution in [2.75, 3.05) is 6.54 Å². The first-order valence-electron chi connectivity index (χ1n) is 6.56. The van der Waals surface area contributed by atoms with Gasteiger partial charge in [0, 0.05) is 17.7 Å². The van der Waals surface area contributed by atoms with Gasteiger partial charge in [-0.15, -0.1) is 0 Å². The Hall–Kier alpha value is -2.27. The van der Waals surface area contributed by atoms with Crippen LogP contribution in [0.25, 0.3) is 11.4 Å². The van der Waals surface area contributed by atoms with Gasteiger partial charge >= 0.3 is 5.97 Å². The summed E-state index contributed by atoms with van der Waals surface area (Å²) in [5, 5.41) is 12.6. The summed E-state index contributed by atoms with van der Waals surface area (Å²) in [5.74, 6) is -0.510. The second kappa shape index (κ2) is 5.02. The SMILES string of the molecule is Cc1ccc(-c2nc3c(c(C(=O)O)n2)CCNC3)cc1. The van der Waals surface area contributed by atoms with E-state index in [0.29, 0.717) is 18.8 Å². The maximum atomic E-state index is 11.4. The molecule has 0 unspecified atom stereocenters. The number of aryl methyl sites for hydroxylation is 1. The van der Waals surface area contributed by atoms with Crippen LogP contribution in [0.2, 0.25) is 0 Å². The Kier molecular flexibility index (Phi) is 3.20. The van der Waals surface area contributed by atoms with Gasteiger partial charge in [-0.25, -0.2) is 14.8 Å². The van der Waals surface area contributed by atoms with E-state index in [2.05, 4.69) is 15.3 Å². The molecule has 0 fully saturated rings. The molecular weight excluding hydrogens is 254 g/mol. The van der Waals surface area contributed by atoms with Gasteiger partial charge in [-0.05, 0) is 19.9 Å². The summed E-state index contributed by atoms with van der Waals surface area (Å²) >= 11 is 0. The highest BCUT2D eigenvalue weighted by Gasteiger charge is 2.21. The van der Waals surface area contributed by atoms with Crippen LogP contribution in [0.3, 0.4) is 0 Å². The Labute approximate surface area is 116 Å². The van der Waals surface area contributed by atoms with Crippen LogP contribution in [-0.2, 0) is 13.0 Å². The molecule has 0 saturated carbocycles. The van der Waals surface area contributed by atoms with Crippen molar-refractivity contribution in [3.05, 3.63) is 46.8 Å². The van der Waals surface area contributed by atoms with Crippen molar-refractivity contribution < 1.29 is 9.90 Å². The third-order valence-electron chi connectivity index (χ3n) is 3.45. The Bertz CT molecular complexity index is 666. The zero-order valence-electron chi connectivity index (χ0n) is 11.2. The Morgan fingerprint density at radius 3 is 2.70 bits per heavy atom. The fourth-order valence-corrected chi connectivity index (χ4v) is 2.37. The van der Waals surface area contributed by atoms with Crippen LogP contribution in [-0.4, -0.2) is 27.6 Å². The van der Waals surface area contributed by atoms with Crippen LogP contribution in [0.5, 0.6) is 0 Å². The Morgan fingerprint density at radius 1 is 1.25 bits per heavy atom. The normalized spacial score (nSPS) is 13.8. The Balaban J connectivity index is 2.14. The predicted octanol–water partition coefficient (Wildman–Crippen LogP) is 1.80. The summed E-state index contributed by atoms with van der Waals surface area (Å²) in [7, 11) is 0. The van der Waals surface area contributed by atoms with Gasteiger partial charge in [0.15, 0.2) is 11.5 Å². The highest BCUT2D eigenvalue weighted by Crippen LogP contribution is 2.22. The van der Waals surface area contributed by atoms with E-state index >= 15 is 0 Å². The molecule has 1 aromatic heterocycles. The largest absolute Gasteiger partial charge is 0.476 e. The molecule has 20 heavy (non-hydrogen) atoms. The molecule has 3 rings (SSSR count). The number of carbonyl (C=O) groups is 1. The van der Waals surface area contributed by atoms with Crippen molar-refractivity contribution in [3.8, 4) is 11.4 Å². The van der Waals surface area contributed by atoms with Gasteiger partial charge in [0.2, 0.25) is 0 Å². The lowest BCUT2D eigenvalue weighted by atomic mass is 10.0. The molecule has 2 heterocycles. The number of fused-ring (bicyclic) bond motifs is 1. The first-order chi connectivity index (χ1) is 9.65. The van der Waals surface area contributed by atoms with Crippen molar-refractivity contribution >= 4 is 5.97 Å². The van der Waals surface area contributed by atoms with Gasteiger partial charge in [-0.1, -0.05) is 29.8 Å². The van der Waals surface area contributed by atoms with Crippen LogP contribution in [0, 0.1) is 6.92 Å². The van der Waals surface area contributed by atoms with E-state index in [1.807, 2.05) is 31.2 Å². The predicted molar refractivity (Wildman–Crippen MR) is 74.6 cm³/mol. The molecule has 0 atom stereocenters. The summed E-state index contributed by atoms with van der Waals surface area (Å²) in [5.41, 5.74) is 3.66. The minimum atomic E-state index is -0.987. The summed E-state index contributed by atoms with van der Waals surface area (Å²) in [6, 6.07) is 7.77. The van der Waals surface area contributed by atoms with E-state index in [1.54, 1.807) is 0 Å². The van der Waals surface area contributed by atoms with Crippen LogP contribution < -0.4 is 5.32 Å². The molecule has 0 saturated heterocycles. The molecule has 102 valence electrons. The van der Waals surface area contributed by atoms with Gasteiger partial charge in [0.05, 0.1) is 5.69 Å². The number of nitrogens with one attached hydrogen (secondary N) is 1. The van der Waals surface area contributed by atoms with E-state index in [9.17, 15) is 9.90 Å². The van der Waals surface area contributed by atoms with Gasteiger partial charge in [-0.3, -0.25) is 0 Å². The zero-order chi connectivity index (χ0) is 14.1. The molecule has 5 nitrogen and oxygen atoms in total. The number of carboxylic acids is 1. The van der Waals surface area contributed by atoms with Crippen molar-refractivity contribution in [2.24, 2.45) is 0 Å². The third-order valence-corrected chi connectivity index (χ3v) is 3.45. The van der Waals surface area contributed by atoms with E-state index in [4.69, 9.17) is 0 Å². The fourth-order valence-electron chi connectivity index (χ4n) is 2.37. The highest BCUT2D eigenvalue weighted by molar-refractivity contribution is 5.88. The van der Waals surface area contributed by atoms with Crippen molar-refractivity contribution in [2.45, 2.75) is 19.9 Å². The van der Waals surface area contributed by atoms with Gasteiger partial charge in [0.1, 0.15) is 0 Å². The molecule has 0 aliphatic carbocycles. The molecule has 1 aliphatic heterocycles. The lowest BCUT2D eigenvalue weighted by Crippen LogP contribution is -2.27. The van der Waals surface area contributed by atoms with Gasteiger partial charge in [0.25, 0.3) is 0 Å². The first-order valence-corrected chi connectivity index (χ1v) is 6.56. The smallest absolute Gasteiger partial charge is 0.354 e. The number of hydrogen-bond donors (Lipinski definition) is 2. The Morgan fingerprint density at radius 2 is 2.00 bits per heavy atom. The number of rotatable bonds is 2. The molecular formula is C15H15N3O2. The number of aromatic nitrogens is 2. The van der Waals surface area contributed by atoms with E-state index < -0.39 is 5.97 Å². The van der Waals surface area contributed by atoms with Crippen molar-refractivity contribution in [1.29, 1.82) is 0 Å². The van der Waals surface area contributed by atoms with Crippen LogP contribution in [0.15, 0.2) is 24.3 Å². The molecule has 1 aromatic carbocycles. The minimum Gasteiger partial charge on any atom is -0.476 e. The van der Waals surface area contributed by atoms with E-state index in [1.165, 1.54) is 0 Å². The maximum Gasteiger partial charge on any atom is 0.354 e. The fraction of sp³-hybridized carbons (Fsp3) is 0.267. The third kappa shape index (κ3) is 2.28. The minimum absolute atomic E-state index is 0.132. The summed E-state index contributed by atoms with van der Waals surface area (Å²) in [6.45, 7) is 3.36. The summed E-state index contributed by atoms with van der Waals surface area (Å²) < 4.78 is 0. The standard InChI is InChI=1S/C15H15N3O2/c1-9-2-4-10(5-3-9)14-17-12-8-16-7-6-11(12)13(18-14)15(19)20/h2-5,16H,6-8H2,1H3,(H,19,20). The lowest BCUT2D eigenvalue weighted by Gasteiger charge is -2.18. The average Bonchev–Trinajstić information content (AvgIpc) is 2.46. The summed E-state index contributed by atoms with van der Waals surface area (Å²) in [6.07, 6.45) is 0.658. The molecule has 0 spiro atoms. The number of hydrogen-bond acceptors (Lipinski definition) is 4. The van der Waals surface area contributed by atoms with Crippen molar-refractivity contribution in [3.63, 3.8) is 0 Å². The van der Waals surface area contributed by atoms with E-state index in [-0.39, 0.29) is 5.69 Å². The number of benzene rings is 1. The van der Waals surface area contributed by atoms with E-state index in [0.717, 1.165) is 28.9 Å². The number of aromatic carboxylic acids is 1. The lowest BCUT2D eigenvalue weighted by molar-refractivity contribution is 0.0688. The second-order valence-electron chi connectivity index (χ2n) is 4.92. The van der Waals surface area contributed by atoms with Crippen LogP contribution >= 0.6 is 0 Å². The molecule has 1 aliphatic rings. The number of nitrogens with zero attached hydrogens (tertiary/aromatic N) is 2. The van der Waals surface area contributed by atoms with Crippen LogP contribution in [0.1, 0.15) is 27.3 Å². The molecule has 2 aromatic rings. The van der Waals surface area contributed by atoms with Crippen molar-refractivity contribution in [1.82, 2.24) is 15.3 Å². The topological polar surface area (TPSA) is 75.1 Å². The molecule has 5 heteroatoms. The summed E-state index contributed by atoms with van der Waals surface area (Å²) in [4.78, 5) is 20.2. The molecule has 0 amide bonds. The number of carboxylic acid groups (broad SMARTS) is 1. The molecule has 0 radical (unpaired) electrons. The first kappa shape index (κ1) is 12.7. The molecule has 0 bridgehead atoms. The highest BCUT2D eigenvalue weighted by atomic mass is 16.4. The quantitative estimate of drug-likeness (QED) is 0.869. The van der Waals surface area contributed by atoms with Gasteiger partial charge in [-0.2, -0.15) is 0 Å². The average molecular weight is 269 g/mol. The van der Waals surface area contributed by atoms with Gasteiger partial charge < -0.3 is 10.4 Å². The van der Waals surface area contributed by atoms with Crippen LogP contribution in [0.4, 0.5) is 0 Å². The second-order valence-corrected chi connectivity index (χ2v) is 4.92. The maximum absolute atomic E-state index is 11.4. The monoisotopic (exact) mass is 269 g/mol. The zero-order valence-corrected chi connectivity index (χ0v) is 11.2. The molecule has 2 N–H and O–H groups in total.